The van der Waals surface area contributed by atoms with E-state index in [0.717, 1.165) is 15.0 Å². The van der Waals surface area contributed by atoms with Crippen molar-refractivity contribution >= 4 is 28.7 Å². The molecule has 1 amide bonds. The Labute approximate surface area is 167 Å². The second kappa shape index (κ2) is 8.08. The van der Waals surface area contributed by atoms with E-state index in [-0.39, 0.29) is 29.4 Å². The van der Waals surface area contributed by atoms with Gasteiger partial charge in [-0.15, -0.1) is 11.8 Å². The van der Waals surface area contributed by atoms with Gasteiger partial charge in [0.1, 0.15) is 5.65 Å². The fourth-order valence-electron chi connectivity index (χ4n) is 3.57. The van der Waals surface area contributed by atoms with Crippen molar-refractivity contribution in [2.24, 2.45) is 14.1 Å². The van der Waals surface area contributed by atoms with Gasteiger partial charge in [0.15, 0.2) is 0 Å². The summed E-state index contributed by atoms with van der Waals surface area (Å²) in [5, 5.41) is 0.394. The first kappa shape index (κ1) is 20.6. The molecular weight excluding hydrogens is 380 g/mol. The topological polar surface area (TPSA) is 86.4 Å². The van der Waals surface area contributed by atoms with Crippen LogP contribution in [0.1, 0.15) is 26.3 Å². The van der Waals surface area contributed by atoms with E-state index in [2.05, 4.69) is 4.98 Å². The lowest BCUT2D eigenvalue weighted by Crippen LogP contribution is -2.48. The summed E-state index contributed by atoms with van der Waals surface area (Å²) in [4.78, 5) is 44.7. The van der Waals surface area contributed by atoms with Crippen LogP contribution >= 0.6 is 11.8 Å². The highest BCUT2D eigenvalue weighted by molar-refractivity contribution is 8.00. The smallest absolute Gasteiger partial charge is 0.332 e. The summed E-state index contributed by atoms with van der Waals surface area (Å²) in [6.45, 7) is 7.03. The zero-order chi connectivity index (χ0) is 20.6. The molecule has 0 bridgehead atoms. The lowest BCUT2D eigenvalue weighted by Gasteiger charge is -2.35. The van der Waals surface area contributed by atoms with E-state index >= 15 is 0 Å². The Kier molecular flexibility index (Phi) is 5.95. The molecule has 1 saturated heterocycles. The van der Waals surface area contributed by atoms with Crippen LogP contribution in [0.15, 0.2) is 20.7 Å². The van der Waals surface area contributed by atoms with Crippen LogP contribution in [0.5, 0.6) is 0 Å². The fraction of sp³-hybridized carbons (Fsp3) is 0.579. The molecule has 0 aromatic carbocycles. The summed E-state index contributed by atoms with van der Waals surface area (Å²) >= 11 is 1.34. The van der Waals surface area contributed by atoms with E-state index in [4.69, 9.17) is 4.74 Å². The molecule has 3 heterocycles. The quantitative estimate of drug-likeness (QED) is 0.702. The van der Waals surface area contributed by atoms with Crippen molar-refractivity contribution in [2.45, 2.75) is 44.3 Å². The van der Waals surface area contributed by atoms with Crippen LogP contribution < -0.4 is 11.2 Å². The molecule has 2 aromatic heterocycles. The number of fused-ring (bicyclic) bond motifs is 1. The standard InChI is InChI=1S/C19H26N4O4S/c1-6-13-7-20-17-15(18(25)22(5)19(26)21(17)4)16(13)28-10-14(24)23-8-11(2)27-12(3)9-23/h7,11-12H,6,8-10H2,1-5H3/t11-,12-/m0/s1. The predicted octanol–water partition coefficient (Wildman–Crippen LogP) is 0.923. The molecule has 8 nitrogen and oxygen atoms in total. The Morgan fingerprint density at radius 1 is 1.21 bits per heavy atom. The predicted molar refractivity (Wildman–Crippen MR) is 109 cm³/mol. The normalized spacial score (nSPS) is 20.0. The number of aromatic nitrogens is 3. The maximum atomic E-state index is 12.8. The lowest BCUT2D eigenvalue weighted by atomic mass is 10.2. The van der Waals surface area contributed by atoms with Gasteiger partial charge in [0.05, 0.1) is 23.3 Å². The Morgan fingerprint density at radius 2 is 1.86 bits per heavy atom. The molecule has 9 heteroatoms. The number of morpholine rings is 1. The molecule has 0 spiro atoms. The highest BCUT2D eigenvalue weighted by Gasteiger charge is 2.26. The fourth-order valence-corrected chi connectivity index (χ4v) is 4.72. The van der Waals surface area contributed by atoms with E-state index in [1.165, 1.54) is 23.4 Å². The van der Waals surface area contributed by atoms with Crippen LogP contribution in [0.25, 0.3) is 11.0 Å². The van der Waals surface area contributed by atoms with Crippen molar-refractivity contribution in [3.05, 3.63) is 32.6 Å². The molecule has 152 valence electrons. The molecule has 3 rings (SSSR count). The molecule has 0 radical (unpaired) electrons. The number of carbonyl (C=O) groups is 1. The number of aryl methyl sites for hydroxylation is 2. The van der Waals surface area contributed by atoms with E-state index in [1.54, 1.807) is 13.2 Å². The highest BCUT2D eigenvalue weighted by Crippen LogP contribution is 2.29. The van der Waals surface area contributed by atoms with Gasteiger partial charge < -0.3 is 9.64 Å². The number of hydrogen-bond acceptors (Lipinski definition) is 6. The largest absolute Gasteiger partial charge is 0.372 e. The minimum atomic E-state index is -0.419. The van der Waals surface area contributed by atoms with Gasteiger partial charge in [-0.1, -0.05) is 6.92 Å². The van der Waals surface area contributed by atoms with Gasteiger partial charge in [0, 0.05) is 38.3 Å². The van der Waals surface area contributed by atoms with Crippen LogP contribution in [0.2, 0.25) is 0 Å². The molecule has 0 unspecified atom stereocenters. The third-order valence-corrected chi connectivity index (χ3v) is 6.13. The van der Waals surface area contributed by atoms with E-state index in [1.807, 2.05) is 25.7 Å². The van der Waals surface area contributed by atoms with E-state index in [9.17, 15) is 14.4 Å². The molecule has 1 aliphatic rings. The summed E-state index contributed by atoms with van der Waals surface area (Å²) in [7, 11) is 3.05. The Hall–Kier alpha value is -2.13. The average Bonchev–Trinajstić information content (AvgIpc) is 2.67. The number of hydrogen-bond donors (Lipinski definition) is 0. The number of ether oxygens (including phenoxy) is 1. The number of thioether (sulfide) groups is 1. The number of carbonyl (C=O) groups excluding carboxylic acids is 1. The first-order valence-corrected chi connectivity index (χ1v) is 10.4. The number of rotatable bonds is 4. The zero-order valence-corrected chi connectivity index (χ0v) is 17.7. The summed E-state index contributed by atoms with van der Waals surface area (Å²) in [5.41, 5.74) is 0.431. The van der Waals surface area contributed by atoms with Gasteiger partial charge in [-0.25, -0.2) is 9.78 Å². The first-order valence-electron chi connectivity index (χ1n) is 9.38. The molecule has 2 aromatic rings. The number of pyridine rings is 1. The molecular formula is C19H26N4O4S. The summed E-state index contributed by atoms with van der Waals surface area (Å²) in [5.74, 6) is 0.234. The second-order valence-corrected chi connectivity index (χ2v) is 8.20. The van der Waals surface area contributed by atoms with E-state index in [0.29, 0.717) is 30.5 Å². The summed E-state index contributed by atoms with van der Waals surface area (Å²) in [6, 6.07) is 0. The van der Waals surface area contributed by atoms with Gasteiger partial charge in [-0.3, -0.25) is 18.7 Å². The zero-order valence-electron chi connectivity index (χ0n) is 16.9. The maximum absolute atomic E-state index is 12.8. The molecule has 1 fully saturated rings. The third-order valence-electron chi connectivity index (χ3n) is 4.99. The maximum Gasteiger partial charge on any atom is 0.332 e. The monoisotopic (exact) mass is 406 g/mol. The Morgan fingerprint density at radius 3 is 2.46 bits per heavy atom. The van der Waals surface area contributed by atoms with Gasteiger partial charge in [0.25, 0.3) is 5.56 Å². The number of amides is 1. The SMILES string of the molecule is CCc1cnc2c(c1SCC(=O)N1C[C@H](C)O[C@@H](C)C1)c(=O)n(C)c(=O)n2C. The highest BCUT2D eigenvalue weighted by atomic mass is 32.2. The van der Waals surface area contributed by atoms with Crippen molar-refractivity contribution in [1.82, 2.24) is 19.0 Å². The molecule has 1 aliphatic heterocycles. The van der Waals surface area contributed by atoms with Crippen LogP contribution in [0.4, 0.5) is 0 Å². The van der Waals surface area contributed by atoms with Crippen LogP contribution in [0, 0.1) is 0 Å². The minimum absolute atomic E-state index is 0.00692. The van der Waals surface area contributed by atoms with Crippen molar-refractivity contribution in [2.75, 3.05) is 18.8 Å². The van der Waals surface area contributed by atoms with Crippen molar-refractivity contribution in [1.29, 1.82) is 0 Å². The van der Waals surface area contributed by atoms with Crippen LogP contribution in [-0.4, -0.2) is 56.0 Å². The van der Waals surface area contributed by atoms with Gasteiger partial charge in [0.2, 0.25) is 5.91 Å². The average molecular weight is 407 g/mol. The third kappa shape index (κ3) is 3.73. The Balaban J connectivity index is 1.97. The number of nitrogens with zero attached hydrogens (tertiary/aromatic N) is 4. The Bertz CT molecular complexity index is 1020. The van der Waals surface area contributed by atoms with Gasteiger partial charge in [-0.2, -0.15) is 0 Å². The molecule has 2 atom stereocenters. The molecule has 0 aliphatic carbocycles. The van der Waals surface area contributed by atoms with Crippen molar-refractivity contribution < 1.29 is 9.53 Å². The lowest BCUT2D eigenvalue weighted by molar-refractivity contribution is -0.140. The second-order valence-electron chi connectivity index (χ2n) is 7.22. The molecule has 0 saturated carbocycles. The molecule has 28 heavy (non-hydrogen) atoms. The first-order chi connectivity index (χ1) is 13.2. The summed E-state index contributed by atoms with van der Waals surface area (Å²) in [6.07, 6.45) is 2.38. The van der Waals surface area contributed by atoms with Gasteiger partial charge in [-0.05, 0) is 25.8 Å². The van der Waals surface area contributed by atoms with Crippen molar-refractivity contribution in [3.63, 3.8) is 0 Å². The van der Waals surface area contributed by atoms with Crippen molar-refractivity contribution in [3.8, 4) is 0 Å². The molecule has 0 N–H and O–H groups in total. The minimum Gasteiger partial charge on any atom is -0.372 e. The van der Waals surface area contributed by atoms with E-state index < -0.39 is 5.69 Å². The van der Waals surface area contributed by atoms with Gasteiger partial charge >= 0.3 is 5.69 Å². The van der Waals surface area contributed by atoms with Crippen LogP contribution in [-0.2, 0) is 30.0 Å². The summed E-state index contributed by atoms with van der Waals surface area (Å²) < 4.78 is 8.14. The van der Waals surface area contributed by atoms with Crippen LogP contribution in [0.3, 0.4) is 0 Å².